The van der Waals surface area contributed by atoms with Gasteiger partial charge in [-0.25, -0.2) is 8.42 Å². The summed E-state index contributed by atoms with van der Waals surface area (Å²) in [7, 11) is -3.75. The highest BCUT2D eigenvalue weighted by molar-refractivity contribution is 7.89. The van der Waals surface area contributed by atoms with E-state index in [4.69, 9.17) is 11.6 Å². The van der Waals surface area contributed by atoms with Gasteiger partial charge in [-0.2, -0.15) is 4.31 Å². The Morgan fingerprint density at radius 2 is 1.47 bits per heavy atom. The molecule has 2 amide bonds. The third-order valence-electron chi connectivity index (χ3n) is 6.17. The van der Waals surface area contributed by atoms with E-state index in [1.54, 1.807) is 11.0 Å². The molecule has 30 heavy (non-hydrogen) atoms. The zero-order valence-electron chi connectivity index (χ0n) is 17.1. The minimum atomic E-state index is -3.75. The summed E-state index contributed by atoms with van der Waals surface area (Å²) in [5, 5.41) is 0.135. The van der Waals surface area contributed by atoms with E-state index in [-0.39, 0.29) is 27.7 Å². The quantitative estimate of drug-likeness (QED) is 0.702. The highest BCUT2D eigenvalue weighted by Crippen LogP contribution is 2.31. The highest BCUT2D eigenvalue weighted by atomic mass is 35.5. The van der Waals surface area contributed by atoms with Crippen molar-refractivity contribution < 1.29 is 18.0 Å². The van der Waals surface area contributed by atoms with Crippen molar-refractivity contribution in [1.29, 1.82) is 0 Å². The Labute approximate surface area is 183 Å². The summed E-state index contributed by atoms with van der Waals surface area (Å²) >= 11 is 6.25. The van der Waals surface area contributed by atoms with E-state index in [0.29, 0.717) is 44.8 Å². The van der Waals surface area contributed by atoms with Crippen LogP contribution >= 0.6 is 11.6 Å². The first-order valence-electron chi connectivity index (χ1n) is 10.8. The van der Waals surface area contributed by atoms with Crippen LogP contribution in [0.3, 0.4) is 0 Å². The van der Waals surface area contributed by atoms with Crippen molar-refractivity contribution in [2.75, 3.05) is 39.3 Å². The number of hydrogen-bond donors (Lipinski definition) is 0. The molecular formula is C21H28ClN3O4S. The van der Waals surface area contributed by atoms with E-state index >= 15 is 0 Å². The lowest BCUT2D eigenvalue weighted by molar-refractivity contribution is -0.134. The molecule has 4 rings (SSSR count). The van der Waals surface area contributed by atoms with Crippen molar-refractivity contribution in [3.05, 3.63) is 28.8 Å². The number of hydrogen-bond acceptors (Lipinski definition) is 4. The predicted octanol–water partition coefficient (Wildman–Crippen LogP) is 2.60. The molecule has 1 saturated carbocycles. The van der Waals surface area contributed by atoms with E-state index in [1.165, 1.54) is 16.4 Å². The fourth-order valence-corrected chi connectivity index (χ4v) is 6.17. The minimum Gasteiger partial charge on any atom is -0.339 e. The Hall–Kier alpha value is -1.64. The van der Waals surface area contributed by atoms with E-state index in [2.05, 4.69) is 0 Å². The molecule has 0 atom stereocenters. The van der Waals surface area contributed by atoms with Gasteiger partial charge in [0.15, 0.2) is 0 Å². The number of carbonyl (C=O) groups excluding carboxylic acids is 2. The summed E-state index contributed by atoms with van der Waals surface area (Å²) in [5.74, 6) is 0.146. The highest BCUT2D eigenvalue weighted by Gasteiger charge is 2.35. The van der Waals surface area contributed by atoms with Crippen LogP contribution < -0.4 is 0 Å². The first-order chi connectivity index (χ1) is 14.4. The van der Waals surface area contributed by atoms with Gasteiger partial charge >= 0.3 is 0 Å². The third-order valence-corrected chi connectivity index (χ3v) is 8.55. The van der Waals surface area contributed by atoms with Gasteiger partial charge in [0.25, 0.3) is 5.91 Å². The van der Waals surface area contributed by atoms with Crippen molar-refractivity contribution >= 4 is 33.4 Å². The van der Waals surface area contributed by atoms with Crippen LogP contribution in [0.15, 0.2) is 23.1 Å². The van der Waals surface area contributed by atoms with Crippen LogP contribution in [0, 0.1) is 5.92 Å². The summed E-state index contributed by atoms with van der Waals surface area (Å²) in [5.41, 5.74) is 0.315. The molecule has 2 aliphatic heterocycles. The average molecular weight is 454 g/mol. The molecular weight excluding hydrogens is 426 g/mol. The van der Waals surface area contributed by atoms with Gasteiger partial charge in [0, 0.05) is 50.7 Å². The zero-order valence-corrected chi connectivity index (χ0v) is 18.6. The van der Waals surface area contributed by atoms with Crippen LogP contribution in [0.5, 0.6) is 0 Å². The topological polar surface area (TPSA) is 78.0 Å². The van der Waals surface area contributed by atoms with Crippen LogP contribution in [0.2, 0.25) is 5.02 Å². The molecule has 2 saturated heterocycles. The maximum absolute atomic E-state index is 13.2. The standard InChI is InChI=1S/C21H28ClN3O4S/c22-18-8-7-17(15-19(18)30(28,29)25-9-3-1-2-4-10-25)21(27)24-13-11-23(12-14-24)20(26)16-5-6-16/h7-8,15-16H,1-6,9-14H2. The second-order valence-electron chi connectivity index (χ2n) is 8.36. The number of rotatable bonds is 4. The lowest BCUT2D eigenvalue weighted by Gasteiger charge is -2.35. The maximum atomic E-state index is 13.2. The molecule has 164 valence electrons. The summed E-state index contributed by atoms with van der Waals surface area (Å²) in [4.78, 5) is 28.7. The van der Waals surface area contributed by atoms with Crippen molar-refractivity contribution in [1.82, 2.24) is 14.1 Å². The van der Waals surface area contributed by atoms with Gasteiger partial charge in [-0.05, 0) is 43.9 Å². The number of amides is 2. The van der Waals surface area contributed by atoms with E-state index in [9.17, 15) is 18.0 Å². The molecule has 3 fully saturated rings. The van der Waals surface area contributed by atoms with Gasteiger partial charge in [0.1, 0.15) is 4.90 Å². The fourth-order valence-electron chi connectivity index (χ4n) is 4.16. The summed E-state index contributed by atoms with van der Waals surface area (Å²) in [6.07, 6.45) is 5.65. The van der Waals surface area contributed by atoms with E-state index < -0.39 is 10.0 Å². The largest absolute Gasteiger partial charge is 0.339 e. The first-order valence-corrected chi connectivity index (χ1v) is 12.6. The Morgan fingerprint density at radius 3 is 2.07 bits per heavy atom. The molecule has 0 spiro atoms. The van der Waals surface area contributed by atoms with Gasteiger partial charge < -0.3 is 9.80 Å². The lowest BCUT2D eigenvalue weighted by Crippen LogP contribution is -2.51. The zero-order chi connectivity index (χ0) is 21.3. The molecule has 0 aromatic heterocycles. The normalized spacial score (nSPS) is 21.4. The second kappa shape index (κ2) is 8.85. The molecule has 7 nitrogen and oxygen atoms in total. The van der Waals surface area contributed by atoms with Crippen molar-refractivity contribution in [3.63, 3.8) is 0 Å². The molecule has 3 aliphatic rings. The van der Waals surface area contributed by atoms with Crippen LogP contribution in [0.25, 0.3) is 0 Å². The SMILES string of the molecule is O=C(c1ccc(Cl)c(S(=O)(=O)N2CCCCCC2)c1)N1CCN(C(=O)C2CC2)CC1. The molecule has 1 aromatic carbocycles. The molecule has 0 N–H and O–H groups in total. The molecule has 2 heterocycles. The van der Waals surface area contributed by atoms with Crippen LogP contribution in [0.4, 0.5) is 0 Å². The van der Waals surface area contributed by atoms with Gasteiger partial charge in [0.05, 0.1) is 5.02 Å². The molecule has 0 unspecified atom stereocenters. The minimum absolute atomic E-state index is 0.000496. The molecule has 0 bridgehead atoms. The summed E-state index contributed by atoms with van der Waals surface area (Å²) in [6.45, 7) is 2.91. The van der Waals surface area contributed by atoms with Crippen molar-refractivity contribution in [2.45, 2.75) is 43.4 Å². The van der Waals surface area contributed by atoms with Crippen molar-refractivity contribution in [3.8, 4) is 0 Å². The van der Waals surface area contributed by atoms with Crippen molar-refractivity contribution in [2.24, 2.45) is 5.92 Å². The smallest absolute Gasteiger partial charge is 0.254 e. The summed E-state index contributed by atoms with van der Waals surface area (Å²) in [6, 6.07) is 4.48. The monoisotopic (exact) mass is 453 g/mol. The summed E-state index contributed by atoms with van der Waals surface area (Å²) < 4.78 is 27.8. The Balaban J connectivity index is 1.48. The average Bonchev–Trinajstić information content (AvgIpc) is 3.60. The Kier molecular flexibility index (Phi) is 6.36. The number of sulfonamides is 1. The number of halogens is 1. The van der Waals surface area contributed by atoms with Gasteiger partial charge in [-0.15, -0.1) is 0 Å². The predicted molar refractivity (Wildman–Crippen MR) is 114 cm³/mol. The van der Waals surface area contributed by atoms with E-state index in [1.807, 2.05) is 4.90 Å². The molecule has 1 aromatic rings. The lowest BCUT2D eigenvalue weighted by atomic mass is 10.1. The van der Waals surface area contributed by atoms with Gasteiger partial charge in [-0.1, -0.05) is 24.4 Å². The molecule has 1 aliphatic carbocycles. The Morgan fingerprint density at radius 1 is 0.867 bits per heavy atom. The van der Waals surface area contributed by atoms with Crippen LogP contribution in [0.1, 0.15) is 48.9 Å². The second-order valence-corrected chi connectivity index (χ2v) is 10.7. The van der Waals surface area contributed by atoms with Crippen LogP contribution in [-0.4, -0.2) is 73.6 Å². The number of carbonyl (C=O) groups is 2. The fraction of sp³-hybridized carbons (Fsp3) is 0.619. The molecule has 0 radical (unpaired) electrons. The van der Waals surface area contributed by atoms with Gasteiger partial charge in [0.2, 0.25) is 15.9 Å². The van der Waals surface area contributed by atoms with Crippen LogP contribution in [-0.2, 0) is 14.8 Å². The number of benzene rings is 1. The van der Waals surface area contributed by atoms with E-state index in [0.717, 1.165) is 38.5 Å². The Bertz CT molecular complexity index is 916. The maximum Gasteiger partial charge on any atom is 0.254 e. The number of nitrogens with zero attached hydrogens (tertiary/aromatic N) is 3. The molecule has 9 heteroatoms. The van der Waals surface area contributed by atoms with Gasteiger partial charge in [-0.3, -0.25) is 9.59 Å². The third kappa shape index (κ3) is 4.50. The number of piperazine rings is 1. The first kappa shape index (κ1) is 21.6.